The van der Waals surface area contributed by atoms with Gasteiger partial charge in [-0.1, -0.05) is 13.8 Å². The van der Waals surface area contributed by atoms with Crippen LogP contribution in [0, 0.1) is 5.41 Å². The van der Waals surface area contributed by atoms with Crippen LogP contribution in [0.25, 0.3) is 0 Å². The maximum atomic E-state index is 6.06. The summed E-state index contributed by atoms with van der Waals surface area (Å²) in [4.78, 5) is 2.55. The Balaban J connectivity index is 2.10. The minimum Gasteiger partial charge on any atom is -0.329 e. The molecule has 2 N–H and O–H groups in total. The van der Waals surface area contributed by atoms with Gasteiger partial charge in [0.25, 0.3) is 0 Å². The number of nitrogens with zero attached hydrogens (tertiary/aromatic N) is 3. The molecule has 2 rings (SSSR count). The van der Waals surface area contributed by atoms with E-state index in [1.165, 1.54) is 24.8 Å². The molecule has 0 saturated carbocycles. The van der Waals surface area contributed by atoms with E-state index >= 15 is 0 Å². The SMILES string of the molecule is CC(C)n1cc(C(CN)N2CCCC(C)(C)CC2)cn1. The van der Waals surface area contributed by atoms with Crippen molar-refractivity contribution in [2.45, 2.75) is 59.0 Å². The third kappa shape index (κ3) is 3.61. The summed E-state index contributed by atoms with van der Waals surface area (Å²) in [6.07, 6.45) is 7.99. The average molecular weight is 278 g/mol. The minimum absolute atomic E-state index is 0.316. The van der Waals surface area contributed by atoms with Crippen molar-refractivity contribution in [3.8, 4) is 0 Å². The molecule has 4 nitrogen and oxygen atoms in total. The van der Waals surface area contributed by atoms with Crippen LogP contribution >= 0.6 is 0 Å². The molecule has 4 heteroatoms. The summed E-state index contributed by atoms with van der Waals surface area (Å²) in [6, 6.07) is 0.724. The van der Waals surface area contributed by atoms with Gasteiger partial charge in [0, 0.05) is 24.3 Å². The van der Waals surface area contributed by atoms with Crippen molar-refractivity contribution in [2.24, 2.45) is 11.1 Å². The number of hydrogen-bond acceptors (Lipinski definition) is 3. The highest BCUT2D eigenvalue weighted by Crippen LogP contribution is 2.32. The summed E-state index contributed by atoms with van der Waals surface area (Å²) in [5.41, 5.74) is 7.79. The summed E-state index contributed by atoms with van der Waals surface area (Å²) in [7, 11) is 0. The van der Waals surface area contributed by atoms with E-state index in [0.29, 0.717) is 24.0 Å². The molecule has 0 aliphatic carbocycles. The normalized spacial score (nSPS) is 21.9. The standard InChI is InChI=1S/C16H30N4/c1-13(2)20-12-14(11-18-20)15(10-17)19-8-5-6-16(3,4)7-9-19/h11-13,15H,5-10,17H2,1-4H3. The van der Waals surface area contributed by atoms with Gasteiger partial charge in [-0.05, 0) is 51.6 Å². The lowest BCUT2D eigenvalue weighted by Gasteiger charge is -2.29. The summed E-state index contributed by atoms with van der Waals surface area (Å²) < 4.78 is 2.03. The summed E-state index contributed by atoms with van der Waals surface area (Å²) in [5.74, 6) is 0. The Labute approximate surface area is 123 Å². The van der Waals surface area contributed by atoms with Crippen LogP contribution in [0.4, 0.5) is 0 Å². The second-order valence-corrected chi connectivity index (χ2v) is 7.15. The third-order valence-corrected chi connectivity index (χ3v) is 4.57. The molecule has 1 atom stereocenters. The van der Waals surface area contributed by atoms with Crippen LogP contribution in [-0.2, 0) is 0 Å². The fraction of sp³-hybridized carbons (Fsp3) is 0.812. The minimum atomic E-state index is 0.316. The van der Waals surface area contributed by atoms with Crippen LogP contribution in [0.2, 0.25) is 0 Å². The van der Waals surface area contributed by atoms with E-state index in [1.54, 1.807) is 0 Å². The molecule has 1 unspecified atom stereocenters. The second kappa shape index (κ2) is 6.27. The van der Waals surface area contributed by atoms with E-state index in [-0.39, 0.29) is 0 Å². The van der Waals surface area contributed by atoms with Gasteiger partial charge in [0.2, 0.25) is 0 Å². The highest BCUT2D eigenvalue weighted by Gasteiger charge is 2.27. The monoisotopic (exact) mass is 278 g/mol. The Hall–Kier alpha value is -0.870. The second-order valence-electron chi connectivity index (χ2n) is 7.15. The van der Waals surface area contributed by atoms with E-state index < -0.39 is 0 Å². The van der Waals surface area contributed by atoms with E-state index in [2.05, 4.69) is 43.9 Å². The zero-order valence-electron chi connectivity index (χ0n) is 13.5. The smallest absolute Gasteiger partial charge is 0.0538 e. The van der Waals surface area contributed by atoms with Crippen LogP contribution in [0.5, 0.6) is 0 Å². The van der Waals surface area contributed by atoms with Crippen molar-refractivity contribution in [3.05, 3.63) is 18.0 Å². The van der Waals surface area contributed by atoms with E-state index in [0.717, 1.165) is 13.1 Å². The lowest BCUT2D eigenvalue weighted by molar-refractivity contribution is 0.200. The zero-order chi connectivity index (χ0) is 14.8. The zero-order valence-corrected chi connectivity index (χ0v) is 13.5. The van der Waals surface area contributed by atoms with Gasteiger partial charge in [0.05, 0.1) is 12.2 Å². The number of aromatic nitrogens is 2. The Morgan fingerprint density at radius 1 is 1.30 bits per heavy atom. The molecule has 114 valence electrons. The quantitative estimate of drug-likeness (QED) is 0.921. The van der Waals surface area contributed by atoms with Gasteiger partial charge in [-0.2, -0.15) is 5.10 Å². The highest BCUT2D eigenvalue weighted by atomic mass is 15.3. The van der Waals surface area contributed by atoms with Crippen molar-refractivity contribution in [2.75, 3.05) is 19.6 Å². The van der Waals surface area contributed by atoms with Crippen molar-refractivity contribution in [1.29, 1.82) is 0 Å². The molecule has 0 radical (unpaired) electrons. The van der Waals surface area contributed by atoms with Gasteiger partial charge in [-0.3, -0.25) is 9.58 Å². The topological polar surface area (TPSA) is 47.1 Å². The molecule has 1 aromatic heterocycles. The lowest BCUT2D eigenvalue weighted by Crippen LogP contribution is -2.34. The first-order valence-corrected chi connectivity index (χ1v) is 7.91. The Morgan fingerprint density at radius 2 is 2.05 bits per heavy atom. The van der Waals surface area contributed by atoms with E-state index in [4.69, 9.17) is 5.73 Å². The Bertz CT molecular complexity index is 422. The van der Waals surface area contributed by atoms with Crippen molar-refractivity contribution in [3.63, 3.8) is 0 Å². The predicted molar refractivity (Wildman–Crippen MR) is 83.6 cm³/mol. The summed E-state index contributed by atoms with van der Waals surface area (Å²) in [6.45, 7) is 12.0. The van der Waals surface area contributed by atoms with E-state index in [9.17, 15) is 0 Å². The van der Waals surface area contributed by atoms with Crippen LogP contribution in [0.1, 0.15) is 64.6 Å². The van der Waals surface area contributed by atoms with Crippen LogP contribution in [0.15, 0.2) is 12.4 Å². The van der Waals surface area contributed by atoms with E-state index in [1.807, 2.05) is 10.9 Å². The molecule has 0 amide bonds. The molecule has 0 bridgehead atoms. The molecule has 0 aromatic carbocycles. The average Bonchev–Trinajstić information content (AvgIpc) is 2.78. The number of nitrogens with two attached hydrogens (primary N) is 1. The van der Waals surface area contributed by atoms with Gasteiger partial charge in [-0.25, -0.2) is 0 Å². The van der Waals surface area contributed by atoms with Gasteiger partial charge in [0.15, 0.2) is 0 Å². The van der Waals surface area contributed by atoms with Gasteiger partial charge >= 0.3 is 0 Å². The fourth-order valence-electron chi connectivity index (χ4n) is 3.06. The maximum absolute atomic E-state index is 6.06. The maximum Gasteiger partial charge on any atom is 0.0538 e. The molecule has 0 spiro atoms. The summed E-state index contributed by atoms with van der Waals surface area (Å²) >= 11 is 0. The molecule has 2 heterocycles. The molecule has 1 aliphatic heterocycles. The molecule has 1 saturated heterocycles. The molecule has 1 aromatic rings. The lowest BCUT2D eigenvalue weighted by atomic mass is 9.85. The third-order valence-electron chi connectivity index (χ3n) is 4.57. The van der Waals surface area contributed by atoms with Gasteiger partial charge < -0.3 is 5.73 Å². The highest BCUT2D eigenvalue weighted by molar-refractivity contribution is 5.12. The van der Waals surface area contributed by atoms with Crippen LogP contribution in [-0.4, -0.2) is 34.3 Å². The molecule has 1 aliphatic rings. The number of likely N-dealkylation sites (tertiary alicyclic amines) is 1. The summed E-state index contributed by atoms with van der Waals surface area (Å²) in [5, 5.41) is 4.47. The largest absolute Gasteiger partial charge is 0.329 e. The first kappa shape index (κ1) is 15.5. The fourth-order valence-corrected chi connectivity index (χ4v) is 3.06. The molecule has 1 fully saturated rings. The molecular weight excluding hydrogens is 248 g/mol. The Morgan fingerprint density at radius 3 is 2.65 bits per heavy atom. The van der Waals surface area contributed by atoms with Crippen molar-refractivity contribution in [1.82, 2.24) is 14.7 Å². The van der Waals surface area contributed by atoms with Crippen LogP contribution in [0.3, 0.4) is 0 Å². The first-order valence-electron chi connectivity index (χ1n) is 7.91. The van der Waals surface area contributed by atoms with Gasteiger partial charge in [0.1, 0.15) is 0 Å². The van der Waals surface area contributed by atoms with Gasteiger partial charge in [-0.15, -0.1) is 0 Å². The number of rotatable bonds is 4. The predicted octanol–water partition coefficient (Wildman–Crippen LogP) is 2.98. The molecular formula is C16H30N4. The van der Waals surface area contributed by atoms with Crippen molar-refractivity contribution >= 4 is 0 Å². The van der Waals surface area contributed by atoms with Crippen molar-refractivity contribution < 1.29 is 0 Å². The van der Waals surface area contributed by atoms with Crippen LogP contribution < -0.4 is 5.73 Å². The first-order chi connectivity index (χ1) is 9.43. The molecule has 20 heavy (non-hydrogen) atoms. The number of hydrogen-bond donors (Lipinski definition) is 1. The Kier molecular flexibility index (Phi) is 4.86.